The summed E-state index contributed by atoms with van der Waals surface area (Å²) >= 11 is 2.42. The number of nitrogens with zero attached hydrogens (tertiary/aromatic N) is 3. The average Bonchev–Trinajstić information content (AvgIpc) is 3.07. The van der Waals surface area contributed by atoms with E-state index in [9.17, 15) is 19.7 Å². The van der Waals surface area contributed by atoms with Crippen LogP contribution in [0.4, 0.5) is 11.4 Å². The van der Waals surface area contributed by atoms with E-state index in [1.165, 1.54) is 28.0 Å². The molecule has 1 N–H and O–H groups in total. The topological polar surface area (TPSA) is 107 Å². The Kier molecular flexibility index (Phi) is 5.05. The van der Waals surface area contributed by atoms with Crippen LogP contribution in [-0.2, 0) is 11.8 Å². The fourth-order valence-corrected chi connectivity index (χ4v) is 3.89. The molecule has 134 valence electrons. The molecule has 0 aliphatic heterocycles. The molecule has 26 heavy (non-hydrogen) atoms. The highest BCUT2D eigenvalue weighted by atomic mass is 32.2. The number of benzene rings is 1. The SMILES string of the molecule is Cc1ccc(NC(=O)CSc2nc3ccsc3c(=O)n2C)c([N+](=O)[O-])c1. The minimum Gasteiger partial charge on any atom is -0.320 e. The summed E-state index contributed by atoms with van der Waals surface area (Å²) in [4.78, 5) is 39.4. The Morgan fingerprint density at radius 3 is 2.92 bits per heavy atom. The lowest BCUT2D eigenvalue weighted by atomic mass is 10.2. The van der Waals surface area contributed by atoms with E-state index in [1.807, 2.05) is 0 Å². The summed E-state index contributed by atoms with van der Waals surface area (Å²) in [5, 5.41) is 15.9. The predicted molar refractivity (Wildman–Crippen MR) is 102 cm³/mol. The molecule has 8 nitrogen and oxygen atoms in total. The van der Waals surface area contributed by atoms with Crippen LogP contribution >= 0.6 is 23.1 Å². The van der Waals surface area contributed by atoms with Crippen LogP contribution in [0, 0.1) is 17.0 Å². The fourth-order valence-electron chi connectivity index (χ4n) is 2.31. The number of anilines is 1. The zero-order valence-corrected chi connectivity index (χ0v) is 15.5. The Hall–Kier alpha value is -2.72. The molecule has 0 saturated carbocycles. The molecule has 0 radical (unpaired) electrons. The number of nitro groups is 1. The van der Waals surface area contributed by atoms with Gasteiger partial charge in [0.1, 0.15) is 10.4 Å². The first kappa shape index (κ1) is 18.1. The highest BCUT2D eigenvalue weighted by Crippen LogP contribution is 2.26. The van der Waals surface area contributed by atoms with E-state index in [-0.39, 0.29) is 22.7 Å². The first-order chi connectivity index (χ1) is 12.4. The van der Waals surface area contributed by atoms with Gasteiger partial charge in [-0.25, -0.2) is 4.98 Å². The Bertz CT molecular complexity index is 1070. The molecule has 2 heterocycles. The molecular formula is C16H14N4O4S2. The van der Waals surface area contributed by atoms with E-state index in [4.69, 9.17) is 0 Å². The minimum atomic E-state index is -0.536. The number of hydrogen-bond donors (Lipinski definition) is 1. The fraction of sp³-hybridized carbons (Fsp3) is 0.188. The predicted octanol–water partition coefficient (Wildman–Crippen LogP) is 2.94. The molecular weight excluding hydrogens is 376 g/mol. The van der Waals surface area contributed by atoms with E-state index >= 15 is 0 Å². The lowest BCUT2D eigenvalue weighted by Gasteiger charge is -2.08. The van der Waals surface area contributed by atoms with Crippen molar-refractivity contribution in [2.45, 2.75) is 12.1 Å². The van der Waals surface area contributed by atoms with Crippen LogP contribution in [0.3, 0.4) is 0 Å². The second-order valence-corrected chi connectivity index (χ2v) is 7.37. The highest BCUT2D eigenvalue weighted by Gasteiger charge is 2.17. The van der Waals surface area contributed by atoms with E-state index in [1.54, 1.807) is 31.5 Å². The molecule has 1 amide bonds. The monoisotopic (exact) mass is 390 g/mol. The van der Waals surface area contributed by atoms with Crippen molar-refractivity contribution in [1.29, 1.82) is 0 Å². The minimum absolute atomic E-state index is 0.0268. The van der Waals surface area contributed by atoms with Crippen molar-refractivity contribution in [3.8, 4) is 0 Å². The molecule has 0 bridgehead atoms. The van der Waals surface area contributed by atoms with Gasteiger partial charge in [-0.05, 0) is 30.0 Å². The molecule has 2 aromatic heterocycles. The van der Waals surface area contributed by atoms with Crippen LogP contribution in [0.25, 0.3) is 10.2 Å². The normalized spacial score (nSPS) is 10.8. The third-order valence-electron chi connectivity index (χ3n) is 3.60. The van der Waals surface area contributed by atoms with Gasteiger partial charge in [0.25, 0.3) is 11.2 Å². The van der Waals surface area contributed by atoms with Crippen LogP contribution in [0.15, 0.2) is 39.6 Å². The van der Waals surface area contributed by atoms with Gasteiger partial charge < -0.3 is 5.32 Å². The van der Waals surface area contributed by atoms with Gasteiger partial charge in [-0.1, -0.05) is 17.8 Å². The number of fused-ring (bicyclic) bond motifs is 1. The summed E-state index contributed by atoms with van der Waals surface area (Å²) in [5.74, 6) is -0.442. The number of aryl methyl sites for hydroxylation is 1. The molecule has 10 heteroatoms. The van der Waals surface area contributed by atoms with Gasteiger partial charge in [0, 0.05) is 13.1 Å². The molecule has 3 rings (SSSR count). The summed E-state index contributed by atoms with van der Waals surface area (Å²) in [6, 6.07) is 6.34. The summed E-state index contributed by atoms with van der Waals surface area (Å²) < 4.78 is 1.96. The van der Waals surface area contributed by atoms with Crippen molar-refractivity contribution in [2.24, 2.45) is 7.05 Å². The lowest BCUT2D eigenvalue weighted by molar-refractivity contribution is -0.384. The smallest absolute Gasteiger partial charge is 0.293 e. The molecule has 0 aliphatic carbocycles. The zero-order valence-electron chi connectivity index (χ0n) is 13.9. The molecule has 0 aliphatic rings. The maximum atomic E-state index is 12.2. The Morgan fingerprint density at radius 1 is 1.42 bits per heavy atom. The molecule has 0 fully saturated rings. The second-order valence-electron chi connectivity index (χ2n) is 5.51. The molecule has 1 aromatic carbocycles. The summed E-state index contributed by atoms with van der Waals surface area (Å²) in [6.07, 6.45) is 0. The summed E-state index contributed by atoms with van der Waals surface area (Å²) in [5.41, 5.74) is 1.14. The highest BCUT2D eigenvalue weighted by molar-refractivity contribution is 7.99. The van der Waals surface area contributed by atoms with Gasteiger partial charge >= 0.3 is 0 Å². The third-order valence-corrected chi connectivity index (χ3v) is 5.52. The largest absolute Gasteiger partial charge is 0.320 e. The van der Waals surface area contributed by atoms with Gasteiger partial charge in [-0.2, -0.15) is 0 Å². The number of aromatic nitrogens is 2. The molecule has 3 aromatic rings. The van der Waals surface area contributed by atoms with Crippen molar-refractivity contribution >= 4 is 50.6 Å². The summed E-state index contributed by atoms with van der Waals surface area (Å²) in [6.45, 7) is 1.74. The Balaban J connectivity index is 1.75. The first-order valence-corrected chi connectivity index (χ1v) is 9.35. The third kappa shape index (κ3) is 3.60. The number of carbonyl (C=O) groups is 1. The van der Waals surface area contributed by atoms with Gasteiger partial charge in [-0.15, -0.1) is 11.3 Å². The van der Waals surface area contributed by atoms with Crippen LogP contribution in [0.5, 0.6) is 0 Å². The average molecular weight is 390 g/mol. The van der Waals surface area contributed by atoms with Crippen molar-refractivity contribution < 1.29 is 9.72 Å². The second kappa shape index (κ2) is 7.26. The van der Waals surface area contributed by atoms with Crippen molar-refractivity contribution in [3.05, 3.63) is 55.7 Å². The quantitative estimate of drug-likeness (QED) is 0.311. The van der Waals surface area contributed by atoms with Crippen molar-refractivity contribution in [3.63, 3.8) is 0 Å². The van der Waals surface area contributed by atoms with Gasteiger partial charge in [0.15, 0.2) is 5.16 Å². The number of hydrogen-bond acceptors (Lipinski definition) is 7. The number of amides is 1. The number of thioether (sulfide) groups is 1. The van der Waals surface area contributed by atoms with Gasteiger partial charge in [0.05, 0.1) is 16.2 Å². The number of thiophene rings is 1. The lowest BCUT2D eigenvalue weighted by Crippen LogP contribution is -2.20. The van der Waals surface area contributed by atoms with E-state index < -0.39 is 10.8 Å². The van der Waals surface area contributed by atoms with Crippen molar-refractivity contribution in [2.75, 3.05) is 11.1 Å². The van der Waals surface area contributed by atoms with Gasteiger partial charge in [-0.3, -0.25) is 24.3 Å². The molecule has 0 unspecified atom stereocenters. The molecule has 0 atom stereocenters. The molecule has 0 saturated heterocycles. The zero-order chi connectivity index (χ0) is 18.8. The number of nitrogens with one attached hydrogen (secondary N) is 1. The Labute approximate surface area is 156 Å². The first-order valence-electron chi connectivity index (χ1n) is 7.48. The van der Waals surface area contributed by atoms with Gasteiger partial charge in [0.2, 0.25) is 5.91 Å². The van der Waals surface area contributed by atoms with Crippen LogP contribution in [0.2, 0.25) is 0 Å². The van der Waals surface area contributed by atoms with E-state index in [0.29, 0.717) is 15.4 Å². The number of nitro benzene ring substituents is 1. The standard InChI is InChI=1S/C16H14N4O4S2/c1-9-3-4-10(12(7-9)20(23)24)17-13(21)8-26-16-18-11-5-6-25-14(11)15(22)19(16)2/h3-7H,8H2,1-2H3,(H,17,21). The number of rotatable bonds is 5. The van der Waals surface area contributed by atoms with E-state index in [0.717, 1.165) is 17.3 Å². The summed E-state index contributed by atoms with van der Waals surface area (Å²) in [7, 11) is 1.60. The maximum absolute atomic E-state index is 12.2. The Morgan fingerprint density at radius 2 is 2.19 bits per heavy atom. The molecule has 0 spiro atoms. The van der Waals surface area contributed by atoms with Crippen LogP contribution in [0.1, 0.15) is 5.56 Å². The maximum Gasteiger partial charge on any atom is 0.293 e. The van der Waals surface area contributed by atoms with E-state index in [2.05, 4.69) is 10.3 Å². The van der Waals surface area contributed by atoms with Crippen LogP contribution in [-0.4, -0.2) is 26.1 Å². The van der Waals surface area contributed by atoms with Crippen LogP contribution < -0.4 is 10.9 Å². The van der Waals surface area contributed by atoms with Crippen molar-refractivity contribution in [1.82, 2.24) is 9.55 Å². The number of carbonyl (C=O) groups excluding carboxylic acids is 1.